The second kappa shape index (κ2) is 36.0. The van der Waals surface area contributed by atoms with Gasteiger partial charge in [0.2, 0.25) is 59.1 Å². The lowest BCUT2D eigenvalue weighted by Crippen LogP contribution is -2.61. The molecule has 10 amide bonds. The van der Waals surface area contributed by atoms with Crippen LogP contribution in [0.4, 0.5) is 0 Å². The van der Waals surface area contributed by atoms with Crippen LogP contribution in [0, 0.1) is 0 Å². The number of carbonyl (C=O) groups is 13. The molecule has 34 heteroatoms. The number of nitrogens with two attached hydrogens (primary N) is 6. The zero-order valence-electron chi connectivity index (χ0n) is 42.2. The number of carboxylic acids is 3. The van der Waals surface area contributed by atoms with Gasteiger partial charge in [0.05, 0.1) is 12.5 Å². The quantitative estimate of drug-likeness (QED) is 0.0154. The molecule has 33 nitrogen and oxygen atoms in total. The molecule has 0 aromatic rings. The number of primary amides is 2. The molecule has 0 aromatic heterocycles. The Morgan fingerprint density at radius 2 is 0.803 bits per heavy atom. The summed E-state index contributed by atoms with van der Waals surface area (Å²) in [5.74, 6) is -15.4. The van der Waals surface area contributed by atoms with Gasteiger partial charge < -0.3 is 97.4 Å². The van der Waals surface area contributed by atoms with E-state index in [2.05, 4.69) is 47.2 Å². The SMILES string of the molecule is CSCC[C@H](NC(=O)[C@H](CCC(=O)O)NC(=O)[C@H](CCC(=O)O)NC(C)=O)C(=O)N[C@@H](CCC(N)=O)C(=O)N[C@@H](CCCN=C(N)N)C(=O)N[C@@H](CCCN=C(N)N)C(=O)N[C@H](C(=O)N[C@@H](CC(=O)O)C(N)=O)[C@@H](C)O. The van der Waals surface area contributed by atoms with Crippen molar-refractivity contribution in [3.05, 3.63) is 0 Å². The van der Waals surface area contributed by atoms with Gasteiger partial charge in [0.1, 0.15) is 48.3 Å². The number of hydrogen-bond acceptors (Lipinski definition) is 17. The molecule has 428 valence electrons. The molecular weight excluding hydrogens is 1030 g/mol. The van der Waals surface area contributed by atoms with Crippen LogP contribution >= 0.6 is 11.8 Å². The zero-order chi connectivity index (χ0) is 58.2. The second-order valence-electron chi connectivity index (χ2n) is 16.9. The molecule has 0 aliphatic carbocycles. The first-order valence-corrected chi connectivity index (χ1v) is 24.8. The van der Waals surface area contributed by atoms with Gasteiger partial charge in [-0.1, -0.05) is 0 Å². The van der Waals surface area contributed by atoms with Gasteiger partial charge in [0.15, 0.2) is 11.9 Å². The number of guanidine groups is 2. The van der Waals surface area contributed by atoms with Crippen molar-refractivity contribution in [3.8, 4) is 0 Å². The molecule has 0 fully saturated rings. The van der Waals surface area contributed by atoms with Crippen molar-refractivity contribution in [1.29, 1.82) is 0 Å². The number of carboxylic acid groups (broad SMARTS) is 3. The normalized spacial score (nSPS) is 14.3. The summed E-state index contributed by atoms with van der Waals surface area (Å²) < 4.78 is 0. The molecule has 0 bridgehead atoms. The molecule has 0 heterocycles. The number of aliphatic imine (C=N–C) groups is 2. The Kier molecular flexibility index (Phi) is 32.2. The van der Waals surface area contributed by atoms with Crippen molar-refractivity contribution in [2.24, 2.45) is 44.4 Å². The minimum atomic E-state index is -1.87. The fourth-order valence-electron chi connectivity index (χ4n) is 6.60. The van der Waals surface area contributed by atoms with Gasteiger partial charge in [-0.15, -0.1) is 0 Å². The highest BCUT2D eigenvalue weighted by atomic mass is 32.2. The minimum absolute atomic E-state index is 0.0157. The van der Waals surface area contributed by atoms with Gasteiger partial charge in [-0.2, -0.15) is 11.8 Å². The molecule has 0 aliphatic rings. The van der Waals surface area contributed by atoms with Gasteiger partial charge in [0.25, 0.3) is 0 Å². The molecule has 0 saturated heterocycles. The number of nitrogens with zero attached hydrogens (tertiary/aromatic N) is 2. The lowest BCUT2D eigenvalue weighted by molar-refractivity contribution is -0.141. The summed E-state index contributed by atoms with van der Waals surface area (Å²) in [7, 11) is 0. The van der Waals surface area contributed by atoms with E-state index in [0.717, 1.165) is 13.8 Å². The van der Waals surface area contributed by atoms with Crippen LogP contribution in [0.15, 0.2) is 9.98 Å². The summed E-state index contributed by atoms with van der Waals surface area (Å²) in [4.78, 5) is 174. The van der Waals surface area contributed by atoms with Crippen molar-refractivity contribution >= 4 is 101 Å². The number of carbonyl (C=O) groups excluding carboxylic acids is 10. The first-order chi connectivity index (χ1) is 35.5. The Morgan fingerprint density at radius 1 is 0.461 bits per heavy atom. The number of amides is 10. The van der Waals surface area contributed by atoms with Crippen LogP contribution in [0.5, 0.6) is 0 Å². The van der Waals surface area contributed by atoms with E-state index in [4.69, 9.17) is 44.6 Å². The van der Waals surface area contributed by atoms with Crippen molar-refractivity contribution < 1.29 is 82.8 Å². The number of thioether (sulfide) groups is 1. The average molecular weight is 1110 g/mol. The maximum atomic E-state index is 14.2. The smallest absolute Gasteiger partial charge is 0.305 e. The molecule has 0 rings (SSSR count). The summed E-state index contributed by atoms with van der Waals surface area (Å²) in [6, 6.07) is -13.3. The third-order valence-electron chi connectivity index (χ3n) is 10.4. The van der Waals surface area contributed by atoms with E-state index in [-0.39, 0.29) is 62.9 Å². The maximum absolute atomic E-state index is 14.2. The summed E-state index contributed by atoms with van der Waals surface area (Å²) in [5, 5.41) is 56.7. The number of rotatable bonds is 39. The molecule has 9 atom stereocenters. The standard InChI is InChI=1S/C42H72N16O17S/c1-19(59)32(40(75)57-27(33(44)68)18-31(66)67)58-39(74)22(7-5-16-50-42(47)48)53-34(69)21(6-4-15-49-41(45)46)52-36(71)24(8-11-28(43)61)54-38(73)26(14-17-76-3)56-37(72)25(10-13-30(64)65)55-35(70)23(51-20(2)60)9-12-29(62)63/h19,21-27,32,59H,4-18H2,1-3H3,(H2,43,61)(H2,44,68)(H,51,60)(H,52,71)(H,53,69)(H,54,73)(H,55,70)(H,56,72)(H,57,75)(H,58,74)(H,62,63)(H,64,65)(H,66,67)(H4,45,46,49)(H4,47,48,50)/t19-,21+,22+,23+,24+,25+,26+,27+,32+/m1/s1. The fourth-order valence-corrected chi connectivity index (χ4v) is 7.07. The Morgan fingerprint density at radius 3 is 1.12 bits per heavy atom. The van der Waals surface area contributed by atoms with Crippen molar-refractivity contribution in [2.45, 2.75) is 145 Å². The predicted octanol–water partition coefficient (Wildman–Crippen LogP) is -7.92. The lowest BCUT2D eigenvalue weighted by atomic mass is 10.0. The molecule has 76 heavy (non-hydrogen) atoms. The zero-order valence-corrected chi connectivity index (χ0v) is 43.0. The van der Waals surface area contributed by atoms with Crippen LogP contribution in [0.25, 0.3) is 0 Å². The lowest BCUT2D eigenvalue weighted by Gasteiger charge is -2.28. The summed E-state index contributed by atoms with van der Waals surface area (Å²) in [5.41, 5.74) is 32.3. The van der Waals surface area contributed by atoms with Crippen LogP contribution in [0.3, 0.4) is 0 Å². The van der Waals surface area contributed by atoms with Crippen LogP contribution in [-0.2, 0) is 62.3 Å². The first-order valence-electron chi connectivity index (χ1n) is 23.4. The molecule has 0 unspecified atom stereocenters. The summed E-state index contributed by atoms with van der Waals surface area (Å²) in [6.07, 6.45) is -5.01. The fraction of sp³-hybridized carbons (Fsp3) is 0.643. The number of aliphatic hydroxyl groups is 1. The maximum Gasteiger partial charge on any atom is 0.305 e. The molecule has 0 aromatic carbocycles. The topological polar surface area (TPSA) is 580 Å². The van der Waals surface area contributed by atoms with E-state index in [9.17, 15) is 72.5 Å². The molecule has 0 spiro atoms. The van der Waals surface area contributed by atoms with Gasteiger partial charge in [-0.3, -0.25) is 72.3 Å². The Bertz CT molecular complexity index is 2120. The van der Waals surface area contributed by atoms with E-state index in [1.165, 1.54) is 11.8 Å². The van der Waals surface area contributed by atoms with E-state index in [1.54, 1.807) is 6.26 Å². The Labute approximate surface area is 439 Å². The average Bonchev–Trinajstić information content (AvgIpc) is 3.31. The third kappa shape index (κ3) is 29.6. The second-order valence-corrected chi connectivity index (χ2v) is 17.9. The van der Waals surface area contributed by atoms with Gasteiger partial charge in [0, 0.05) is 39.3 Å². The van der Waals surface area contributed by atoms with Crippen LogP contribution in [-0.4, -0.2) is 189 Å². The van der Waals surface area contributed by atoms with E-state index in [0.29, 0.717) is 0 Å². The highest BCUT2D eigenvalue weighted by Gasteiger charge is 2.36. The highest BCUT2D eigenvalue weighted by molar-refractivity contribution is 7.98. The minimum Gasteiger partial charge on any atom is -0.481 e. The number of aliphatic hydroxyl groups excluding tert-OH is 1. The van der Waals surface area contributed by atoms with Gasteiger partial charge in [-0.05, 0) is 70.3 Å². The Hall–Kier alpha value is -8.04. The third-order valence-corrected chi connectivity index (χ3v) is 11.1. The van der Waals surface area contributed by atoms with Gasteiger partial charge in [-0.25, -0.2) is 0 Å². The molecule has 0 saturated carbocycles. The van der Waals surface area contributed by atoms with Crippen LogP contribution in [0.1, 0.15) is 90.9 Å². The molecule has 0 radical (unpaired) electrons. The first kappa shape index (κ1) is 68.0. The Balaban J connectivity index is 7.06. The van der Waals surface area contributed by atoms with E-state index in [1.807, 2.05) is 5.32 Å². The molecule has 0 aliphatic heterocycles. The molecular formula is C42H72N16O17S. The van der Waals surface area contributed by atoms with Crippen molar-refractivity contribution in [1.82, 2.24) is 42.5 Å². The highest BCUT2D eigenvalue weighted by Crippen LogP contribution is 2.11. The summed E-state index contributed by atoms with van der Waals surface area (Å²) >= 11 is 1.22. The predicted molar refractivity (Wildman–Crippen MR) is 269 cm³/mol. The molecule has 24 N–H and O–H groups in total. The largest absolute Gasteiger partial charge is 0.481 e. The van der Waals surface area contributed by atoms with Gasteiger partial charge >= 0.3 is 17.9 Å². The monoisotopic (exact) mass is 1100 g/mol. The van der Waals surface area contributed by atoms with Crippen molar-refractivity contribution in [2.75, 3.05) is 25.1 Å². The van der Waals surface area contributed by atoms with E-state index >= 15 is 0 Å². The van der Waals surface area contributed by atoms with E-state index < -0.39 is 176 Å². The number of hydrogen-bond donors (Lipinski definition) is 18. The van der Waals surface area contributed by atoms with Crippen LogP contribution in [0.2, 0.25) is 0 Å². The van der Waals surface area contributed by atoms with Crippen LogP contribution < -0.4 is 76.9 Å². The van der Waals surface area contributed by atoms with Crippen molar-refractivity contribution in [3.63, 3.8) is 0 Å². The summed E-state index contributed by atoms with van der Waals surface area (Å²) in [6.45, 7) is 1.92. The number of aliphatic carboxylic acids is 3. The number of nitrogens with one attached hydrogen (secondary N) is 8.